The van der Waals surface area contributed by atoms with Crippen LogP contribution in [0.4, 0.5) is 0 Å². The van der Waals surface area contributed by atoms with Crippen LogP contribution in [0, 0.1) is 7.43 Å². The molecule has 0 aliphatic carbocycles. The van der Waals surface area contributed by atoms with Gasteiger partial charge in [0.05, 0.1) is 37.4 Å². The standard InChI is InChI=1S/C50H36N4O4P2.CH3.Pd/c55-43-37-27-13-14-28-38(37)44(56)52-48(34-21-7-2-8-22-34)59(47(51(43)52)33-19-5-1-6-20-33)41-31-17-18-32-42(41)60-49(35-23-9-3-10-24-35)53-45(57)39-29-15-16-30-40(39)46(58)54(53)50(60)36-25-11-4-12-26-36;;/h1-32,47-50H;1H3;/q;-1;+2/p+2/t47-,48-,49-,50-;;/m0../s1. The average molecular weight is 942 g/mol. The molecule has 2 aromatic heterocycles. The van der Waals surface area contributed by atoms with Crippen LogP contribution in [-0.4, -0.2) is 18.7 Å². The van der Waals surface area contributed by atoms with Gasteiger partial charge in [-0.1, -0.05) is 158 Å². The van der Waals surface area contributed by atoms with E-state index in [1.165, 1.54) is 0 Å². The molecule has 0 radical (unpaired) electrons. The van der Waals surface area contributed by atoms with Gasteiger partial charge in [-0.25, -0.2) is 0 Å². The van der Waals surface area contributed by atoms with Crippen molar-refractivity contribution >= 4 is 48.0 Å². The van der Waals surface area contributed by atoms with Crippen molar-refractivity contribution in [3.8, 4) is 0 Å². The van der Waals surface area contributed by atoms with E-state index in [2.05, 4.69) is 72.8 Å². The molecule has 2 aliphatic rings. The van der Waals surface area contributed by atoms with E-state index >= 15 is 19.2 Å². The molecular formula is C51H41N4O4P2Pd+3. The molecule has 0 fully saturated rings. The fraction of sp³-hybridized carbons (Fsp3) is 0.0784. The first kappa shape index (κ1) is 41.3. The van der Waals surface area contributed by atoms with Gasteiger partial charge >= 0.3 is 20.4 Å². The summed E-state index contributed by atoms with van der Waals surface area (Å²) in [5.41, 5.74) is 2.90. The van der Waals surface area contributed by atoms with Crippen LogP contribution in [0.1, 0.15) is 45.4 Å². The van der Waals surface area contributed by atoms with Crippen LogP contribution >= 0.6 is 15.8 Å². The van der Waals surface area contributed by atoms with Crippen LogP contribution in [0.15, 0.2) is 213 Å². The summed E-state index contributed by atoms with van der Waals surface area (Å²) in [5.74, 6) is -1.96. The minimum Gasteiger partial charge on any atom is -0.358 e. The number of fused-ring (bicyclic) bond motifs is 4. The molecule has 4 atom stereocenters. The summed E-state index contributed by atoms with van der Waals surface area (Å²) < 4.78 is 6.98. The molecule has 0 spiro atoms. The fourth-order valence-electron chi connectivity index (χ4n) is 9.79. The van der Waals surface area contributed by atoms with Gasteiger partial charge in [0.1, 0.15) is 10.6 Å². The summed E-state index contributed by atoms with van der Waals surface area (Å²) >= 11 is 0. The molecule has 4 heterocycles. The molecule has 9 aromatic rings. The Balaban J connectivity index is 0.00000245. The molecule has 11 heteroatoms. The van der Waals surface area contributed by atoms with Gasteiger partial charge in [-0.15, -0.1) is 0 Å². The van der Waals surface area contributed by atoms with E-state index in [4.69, 9.17) is 0 Å². The first-order chi connectivity index (χ1) is 29.5. The molecule has 0 bridgehead atoms. The summed E-state index contributed by atoms with van der Waals surface area (Å²) in [5, 5.41) is 3.69. The van der Waals surface area contributed by atoms with Crippen molar-refractivity contribution in [1.29, 1.82) is 0 Å². The molecule has 0 saturated carbocycles. The maximum atomic E-state index is 15.0. The number of benzene rings is 7. The van der Waals surface area contributed by atoms with Gasteiger partial charge in [0.2, 0.25) is 0 Å². The third-order valence-corrected chi connectivity index (χ3v) is 19.3. The van der Waals surface area contributed by atoms with Crippen LogP contribution in [0.2, 0.25) is 0 Å². The van der Waals surface area contributed by atoms with E-state index in [0.717, 1.165) is 32.9 Å². The Morgan fingerprint density at radius 2 is 0.484 bits per heavy atom. The first-order valence-corrected chi connectivity index (χ1v) is 23.4. The van der Waals surface area contributed by atoms with E-state index in [1.54, 1.807) is 43.0 Å². The van der Waals surface area contributed by atoms with Gasteiger partial charge in [0.25, 0.3) is 22.2 Å². The Hall–Kier alpha value is -6.06. The van der Waals surface area contributed by atoms with E-state index in [-0.39, 0.29) is 50.1 Å². The van der Waals surface area contributed by atoms with Gasteiger partial charge in [-0.3, -0.25) is 19.2 Å². The number of hydrogen-bond acceptors (Lipinski definition) is 4. The van der Waals surface area contributed by atoms with Crippen molar-refractivity contribution < 1.29 is 20.4 Å². The van der Waals surface area contributed by atoms with Crippen molar-refractivity contribution in [2.24, 2.45) is 0 Å². The average Bonchev–Trinajstić information content (AvgIpc) is 3.87. The number of hydrogen-bond donors (Lipinski definition) is 0. The van der Waals surface area contributed by atoms with Gasteiger partial charge in [0, 0.05) is 22.3 Å². The third-order valence-electron chi connectivity index (χ3n) is 12.2. The smallest absolute Gasteiger partial charge is 0.358 e. The molecule has 0 unspecified atom stereocenters. The summed E-state index contributed by atoms with van der Waals surface area (Å²) in [6.45, 7) is 0. The maximum absolute atomic E-state index is 15.0. The summed E-state index contributed by atoms with van der Waals surface area (Å²) in [4.78, 5) is 60.1. The molecule has 306 valence electrons. The van der Waals surface area contributed by atoms with Crippen LogP contribution in [-0.2, 0) is 20.4 Å². The Morgan fingerprint density at radius 3 is 0.710 bits per heavy atom. The minimum absolute atomic E-state index is 0. The number of aromatic nitrogens is 4. The summed E-state index contributed by atoms with van der Waals surface area (Å²) in [7, 11) is -4.18. The van der Waals surface area contributed by atoms with Gasteiger partial charge < -0.3 is 7.43 Å². The normalized spacial score (nSPS) is 18.2. The molecule has 0 N–H and O–H groups in total. The molecule has 62 heavy (non-hydrogen) atoms. The Kier molecular flexibility index (Phi) is 11.1. The third kappa shape index (κ3) is 6.30. The van der Waals surface area contributed by atoms with Crippen molar-refractivity contribution in [1.82, 2.24) is 18.7 Å². The summed E-state index contributed by atoms with van der Waals surface area (Å²) in [6.07, 6.45) is 0. The van der Waals surface area contributed by atoms with Crippen molar-refractivity contribution in [2.45, 2.75) is 23.1 Å². The molecule has 0 saturated heterocycles. The Bertz CT molecular complexity index is 2930. The van der Waals surface area contributed by atoms with Crippen molar-refractivity contribution in [3.05, 3.63) is 265 Å². The van der Waals surface area contributed by atoms with Crippen molar-refractivity contribution in [2.75, 3.05) is 0 Å². The van der Waals surface area contributed by atoms with Crippen molar-refractivity contribution in [3.63, 3.8) is 0 Å². The van der Waals surface area contributed by atoms with Crippen LogP contribution in [0.3, 0.4) is 0 Å². The molecule has 7 aromatic carbocycles. The molecule has 8 nitrogen and oxygen atoms in total. The second-order valence-electron chi connectivity index (χ2n) is 15.4. The zero-order valence-electron chi connectivity index (χ0n) is 33.5. The van der Waals surface area contributed by atoms with E-state index in [0.29, 0.717) is 21.5 Å². The topological polar surface area (TPSA) is 88.0 Å². The van der Waals surface area contributed by atoms with Crippen LogP contribution in [0.5, 0.6) is 0 Å². The second-order valence-corrected chi connectivity index (χ2v) is 20.5. The zero-order chi connectivity index (χ0) is 40.5. The minimum atomic E-state index is -2.09. The van der Waals surface area contributed by atoms with E-state index < -0.39 is 39.0 Å². The number of nitrogens with zero attached hydrogens (tertiary/aromatic N) is 4. The predicted octanol–water partition coefficient (Wildman–Crippen LogP) is 8.38. The second kappa shape index (κ2) is 16.7. The number of rotatable bonds is 6. The Morgan fingerprint density at radius 1 is 0.290 bits per heavy atom. The quantitative estimate of drug-likeness (QED) is 0.0953. The van der Waals surface area contributed by atoms with Gasteiger partial charge in [-0.05, 0) is 36.4 Å². The zero-order valence-corrected chi connectivity index (χ0v) is 37.1. The van der Waals surface area contributed by atoms with E-state index in [9.17, 15) is 0 Å². The largest absolute Gasteiger partial charge is 2.00 e. The molecule has 2 aliphatic heterocycles. The summed E-state index contributed by atoms with van der Waals surface area (Å²) in [6, 6.07) is 63.0. The van der Waals surface area contributed by atoms with Gasteiger partial charge in [-0.2, -0.15) is 18.7 Å². The predicted molar refractivity (Wildman–Crippen MR) is 252 cm³/mol. The molecule has 11 rings (SSSR count). The SMILES string of the molecule is O=c1c2ccccc2c(=O)n2n1[C@H](c1ccccc1)[PH+](c1ccccc1[PH+]1[C@@H](c3ccccc3)n3c(=O)c4ccccc4c(=O)n3[C@@H]1c1ccccc1)[C@H]2c1ccccc1.[CH3-].[Pd+2]. The van der Waals surface area contributed by atoms with Crippen LogP contribution < -0.4 is 32.8 Å². The monoisotopic (exact) mass is 941 g/mol. The van der Waals surface area contributed by atoms with E-state index in [1.807, 2.05) is 97.1 Å². The fourth-order valence-corrected chi connectivity index (χ4v) is 18.0. The van der Waals surface area contributed by atoms with Gasteiger partial charge in [0.15, 0.2) is 23.1 Å². The molecular weight excluding hydrogens is 901 g/mol. The first-order valence-electron chi connectivity index (χ1n) is 20.1. The van der Waals surface area contributed by atoms with Crippen LogP contribution in [0.25, 0.3) is 21.5 Å². The molecule has 0 amide bonds. The maximum Gasteiger partial charge on any atom is 2.00 e. The Labute approximate surface area is 373 Å².